The minimum Gasteiger partial charge on any atom is -0.330 e. The molecular formula is C18H23ClN5O+. The van der Waals surface area contributed by atoms with Gasteiger partial charge in [-0.1, -0.05) is 17.7 Å². The molecule has 7 heteroatoms. The van der Waals surface area contributed by atoms with Gasteiger partial charge in [-0.25, -0.2) is 9.97 Å². The van der Waals surface area contributed by atoms with Gasteiger partial charge in [0.15, 0.2) is 6.04 Å². The van der Waals surface area contributed by atoms with Crippen LogP contribution in [0.2, 0.25) is 5.02 Å². The minimum absolute atomic E-state index is 0.0183. The average Bonchev–Trinajstić information content (AvgIpc) is 2.65. The molecule has 1 fully saturated rings. The number of nitrogens with one attached hydrogen (secondary N) is 2. The monoisotopic (exact) mass is 360 g/mol. The number of carbonyl (C=O) groups excluding carboxylic acids is 1. The Morgan fingerprint density at radius 3 is 2.60 bits per heavy atom. The standard InChI is InChI=1S/C18H22ClN5O/c1-13-15(19)5-3-6-16(13)22-17(25)14(2)23-9-11-24(12-10-23)18-20-7-4-8-21-18/h3-8,14H,9-12H2,1-2H3,(H,22,25)/p+1/t14-/m0/s1. The molecule has 1 saturated heterocycles. The summed E-state index contributed by atoms with van der Waals surface area (Å²) in [6, 6.07) is 7.24. The molecule has 0 aliphatic carbocycles. The molecule has 1 aromatic heterocycles. The summed E-state index contributed by atoms with van der Waals surface area (Å²) in [5.74, 6) is 0.776. The first-order valence-corrected chi connectivity index (χ1v) is 8.86. The SMILES string of the molecule is Cc1c(Cl)cccc1NC(=O)[C@H](C)[NH+]1CCN(c2ncccn2)CC1. The Labute approximate surface area is 152 Å². The Hall–Kier alpha value is -2.18. The molecule has 1 aromatic carbocycles. The van der Waals surface area contributed by atoms with Crippen molar-refractivity contribution in [3.63, 3.8) is 0 Å². The second-order valence-electron chi connectivity index (χ2n) is 6.32. The number of hydrogen-bond acceptors (Lipinski definition) is 4. The Balaban J connectivity index is 1.58. The topological polar surface area (TPSA) is 62.6 Å². The lowest BCUT2D eigenvalue weighted by molar-refractivity contribution is -0.914. The van der Waals surface area contributed by atoms with Crippen LogP contribution >= 0.6 is 11.6 Å². The Kier molecular flexibility index (Phi) is 5.50. The fourth-order valence-electron chi connectivity index (χ4n) is 3.05. The van der Waals surface area contributed by atoms with Crippen molar-refractivity contribution in [2.75, 3.05) is 36.4 Å². The first-order valence-electron chi connectivity index (χ1n) is 8.49. The first-order chi connectivity index (χ1) is 12.1. The van der Waals surface area contributed by atoms with Gasteiger partial charge < -0.3 is 15.1 Å². The highest BCUT2D eigenvalue weighted by Gasteiger charge is 2.30. The van der Waals surface area contributed by atoms with E-state index >= 15 is 0 Å². The molecule has 1 amide bonds. The zero-order valence-electron chi connectivity index (χ0n) is 14.5. The normalized spacial score (nSPS) is 16.5. The third-order valence-electron chi connectivity index (χ3n) is 4.77. The molecule has 1 atom stereocenters. The Bertz CT molecular complexity index is 732. The van der Waals surface area contributed by atoms with Crippen LogP contribution in [-0.4, -0.2) is 48.1 Å². The van der Waals surface area contributed by atoms with E-state index in [9.17, 15) is 4.79 Å². The van der Waals surface area contributed by atoms with Gasteiger partial charge in [-0.15, -0.1) is 0 Å². The van der Waals surface area contributed by atoms with Crippen LogP contribution < -0.4 is 15.1 Å². The lowest BCUT2D eigenvalue weighted by Gasteiger charge is -2.34. The van der Waals surface area contributed by atoms with E-state index in [1.807, 2.05) is 38.1 Å². The van der Waals surface area contributed by atoms with E-state index in [4.69, 9.17) is 11.6 Å². The predicted molar refractivity (Wildman–Crippen MR) is 99.2 cm³/mol. The molecule has 2 N–H and O–H groups in total. The number of halogens is 1. The largest absolute Gasteiger partial charge is 0.330 e. The van der Waals surface area contributed by atoms with Gasteiger partial charge in [0.1, 0.15) is 0 Å². The first kappa shape index (κ1) is 17.6. The van der Waals surface area contributed by atoms with Crippen molar-refractivity contribution >= 4 is 29.1 Å². The van der Waals surface area contributed by atoms with E-state index in [1.54, 1.807) is 12.4 Å². The van der Waals surface area contributed by atoms with Crippen LogP contribution in [0.5, 0.6) is 0 Å². The van der Waals surface area contributed by atoms with Crippen LogP contribution in [0, 0.1) is 6.92 Å². The van der Waals surface area contributed by atoms with Crippen LogP contribution in [0.15, 0.2) is 36.7 Å². The van der Waals surface area contributed by atoms with Gasteiger partial charge >= 0.3 is 0 Å². The summed E-state index contributed by atoms with van der Waals surface area (Å²) < 4.78 is 0. The van der Waals surface area contributed by atoms with E-state index in [2.05, 4.69) is 20.2 Å². The smallest absolute Gasteiger partial charge is 0.282 e. The van der Waals surface area contributed by atoms with Gasteiger partial charge in [0.05, 0.1) is 26.2 Å². The second kappa shape index (κ2) is 7.80. The predicted octanol–water partition coefficient (Wildman–Crippen LogP) is 1.17. The van der Waals surface area contributed by atoms with Crippen molar-refractivity contribution in [3.05, 3.63) is 47.2 Å². The number of piperazine rings is 1. The van der Waals surface area contributed by atoms with Crippen molar-refractivity contribution < 1.29 is 9.69 Å². The van der Waals surface area contributed by atoms with E-state index in [0.29, 0.717) is 5.02 Å². The molecule has 1 aliphatic heterocycles. The molecule has 2 heterocycles. The van der Waals surface area contributed by atoms with E-state index in [1.165, 1.54) is 4.90 Å². The minimum atomic E-state index is -0.128. The van der Waals surface area contributed by atoms with E-state index in [0.717, 1.165) is 43.4 Å². The fraction of sp³-hybridized carbons (Fsp3) is 0.389. The highest BCUT2D eigenvalue weighted by Crippen LogP contribution is 2.22. The Morgan fingerprint density at radius 1 is 1.24 bits per heavy atom. The summed E-state index contributed by atoms with van der Waals surface area (Å²) in [7, 11) is 0. The number of benzene rings is 1. The maximum Gasteiger partial charge on any atom is 0.282 e. The summed E-state index contributed by atoms with van der Waals surface area (Å²) in [6.07, 6.45) is 3.51. The highest BCUT2D eigenvalue weighted by molar-refractivity contribution is 6.31. The van der Waals surface area contributed by atoms with Crippen LogP contribution in [0.1, 0.15) is 12.5 Å². The highest BCUT2D eigenvalue weighted by atomic mass is 35.5. The number of amides is 1. The van der Waals surface area contributed by atoms with Crippen LogP contribution in [-0.2, 0) is 4.79 Å². The maximum absolute atomic E-state index is 12.6. The molecular weight excluding hydrogens is 338 g/mol. The van der Waals surface area contributed by atoms with Gasteiger partial charge in [-0.2, -0.15) is 0 Å². The number of carbonyl (C=O) groups is 1. The molecule has 132 valence electrons. The number of nitrogens with zero attached hydrogens (tertiary/aromatic N) is 3. The molecule has 0 unspecified atom stereocenters. The third-order valence-corrected chi connectivity index (χ3v) is 5.18. The van der Waals surface area contributed by atoms with Gasteiger partial charge in [0.25, 0.3) is 5.91 Å². The molecule has 25 heavy (non-hydrogen) atoms. The van der Waals surface area contributed by atoms with Crippen LogP contribution in [0.3, 0.4) is 0 Å². The second-order valence-corrected chi connectivity index (χ2v) is 6.72. The van der Waals surface area contributed by atoms with Crippen molar-refractivity contribution in [3.8, 4) is 0 Å². The number of rotatable bonds is 4. The van der Waals surface area contributed by atoms with Crippen molar-refractivity contribution in [1.82, 2.24) is 9.97 Å². The molecule has 0 radical (unpaired) electrons. The third kappa shape index (κ3) is 4.08. The lowest BCUT2D eigenvalue weighted by Crippen LogP contribution is -3.19. The Morgan fingerprint density at radius 2 is 1.92 bits per heavy atom. The molecule has 6 nitrogen and oxygen atoms in total. The van der Waals surface area contributed by atoms with Crippen LogP contribution in [0.4, 0.5) is 11.6 Å². The molecule has 1 aliphatic rings. The molecule has 0 bridgehead atoms. The summed E-state index contributed by atoms with van der Waals surface area (Å²) in [4.78, 5) is 24.6. The fourth-order valence-corrected chi connectivity index (χ4v) is 3.23. The van der Waals surface area contributed by atoms with Gasteiger partial charge in [0, 0.05) is 23.1 Å². The number of quaternary nitrogens is 1. The van der Waals surface area contributed by atoms with Crippen molar-refractivity contribution in [2.45, 2.75) is 19.9 Å². The van der Waals surface area contributed by atoms with Gasteiger partial charge in [0.2, 0.25) is 5.95 Å². The van der Waals surface area contributed by atoms with Crippen molar-refractivity contribution in [2.24, 2.45) is 0 Å². The maximum atomic E-state index is 12.6. The zero-order valence-corrected chi connectivity index (χ0v) is 15.3. The number of aromatic nitrogens is 2. The van der Waals surface area contributed by atoms with E-state index < -0.39 is 0 Å². The average molecular weight is 361 g/mol. The molecule has 0 saturated carbocycles. The molecule has 0 spiro atoms. The summed E-state index contributed by atoms with van der Waals surface area (Å²) >= 11 is 6.13. The molecule has 2 aromatic rings. The van der Waals surface area contributed by atoms with Gasteiger partial charge in [-0.3, -0.25) is 4.79 Å². The molecule has 3 rings (SSSR count). The quantitative estimate of drug-likeness (QED) is 0.859. The van der Waals surface area contributed by atoms with E-state index in [-0.39, 0.29) is 11.9 Å². The zero-order chi connectivity index (χ0) is 17.8. The summed E-state index contributed by atoms with van der Waals surface area (Å²) in [5.41, 5.74) is 1.67. The number of anilines is 2. The van der Waals surface area contributed by atoms with Gasteiger partial charge in [-0.05, 0) is 37.6 Å². The number of hydrogen-bond donors (Lipinski definition) is 2. The van der Waals surface area contributed by atoms with Crippen LogP contribution in [0.25, 0.3) is 0 Å². The summed E-state index contributed by atoms with van der Waals surface area (Å²) in [6.45, 7) is 7.32. The van der Waals surface area contributed by atoms with Crippen molar-refractivity contribution in [1.29, 1.82) is 0 Å². The summed E-state index contributed by atoms with van der Waals surface area (Å²) in [5, 5.41) is 3.67. The lowest BCUT2D eigenvalue weighted by atomic mass is 10.1.